The van der Waals surface area contributed by atoms with E-state index in [0.29, 0.717) is 12.8 Å². The second-order valence-electron chi connectivity index (χ2n) is 18.3. The maximum atomic E-state index is 12.4. The van der Waals surface area contributed by atoms with Crippen LogP contribution in [-0.2, 0) is 4.79 Å². The number of carbonyl (C=O) groups is 1. The molecule has 0 radical (unpaired) electrons. The van der Waals surface area contributed by atoms with Crippen molar-refractivity contribution in [3.8, 4) is 0 Å². The largest absolute Gasteiger partial charge is 0.394 e. The number of carbonyl (C=O) groups excluding carboxylic acids is 1. The zero-order chi connectivity index (χ0) is 42.8. The van der Waals surface area contributed by atoms with Gasteiger partial charge in [0.05, 0.1) is 18.8 Å². The molecule has 0 aromatic heterocycles. The van der Waals surface area contributed by atoms with Gasteiger partial charge in [0, 0.05) is 6.42 Å². The van der Waals surface area contributed by atoms with E-state index in [4.69, 9.17) is 0 Å². The Morgan fingerprint density at radius 1 is 0.407 bits per heavy atom. The summed E-state index contributed by atoms with van der Waals surface area (Å²) in [6.45, 7) is 4.34. The molecule has 0 saturated heterocycles. The lowest BCUT2D eigenvalue weighted by Crippen LogP contribution is -2.45. The number of allylic oxidation sites excluding steroid dienone is 6. The van der Waals surface area contributed by atoms with Crippen molar-refractivity contribution < 1.29 is 15.0 Å². The summed E-state index contributed by atoms with van der Waals surface area (Å²) in [5.74, 6) is -0.0290. The third-order valence-corrected chi connectivity index (χ3v) is 12.4. The summed E-state index contributed by atoms with van der Waals surface area (Å²) < 4.78 is 0. The van der Waals surface area contributed by atoms with E-state index in [0.717, 1.165) is 38.5 Å². The van der Waals surface area contributed by atoms with E-state index in [9.17, 15) is 15.0 Å². The third kappa shape index (κ3) is 47.5. The zero-order valence-electron chi connectivity index (χ0n) is 40.0. The van der Waals surface area contributed by atoms with Gasteiger partial charge >= 0.3 is 0 Å². The van der Waals surface area contributed by atoms with Crippen molar-refractivity contribution in [3.63, 3.8) is 0 Å². The molecule has 1 amide bonds. The standard InChI is InChI=1S/C55H105NO3/c1-3-5-7-9-11-13-15-16-17-18-19-20-21-22-23-24-25-26-27-28-29-30-31-32-33-34-35-36-37-38-39-40-41-43-45-47-49-51-55(59)56-53(52-57)54(58)50-48-46-44-42-14-12-10-8-6-4-2/h15-16,18-19,21-22,53-54,57-58H,3-14,17,20,23-52H2,1-2H3,(H,56,59)/b16-15-,19-18-,22-21-. The summed E-state index contributed by atoms with van der Waals surface area (Å²) in [7, 11) is 0. The first-order valence-electron chi connectivity index (χ1n) is 26.7. The van der Waals surface area contributed by atoms with Crippen LogP contribution in [0.1, 0.15) is 290 Å². The lowest BCUT2D eigenvalue weighted by atomic mass is 10.0. The molecular weight excluding hydrogens is 723 g/mol. The molecule has 0 aliphatic heterocycles. The van der Waals surface area contributed by atoms with Crippen LogP contribution in [0.3, 0.4) is 0 Å². The van der Waals surface area contributed by atoms with Gasteiger partial charge in [0.25, 0.3) is 0 Å². The molecule has 0 spiro atoms. The van der Waals surface area contributed by atoms with Gasteiger partial charge in [-0.15, -0.1) is 0 Å². The highest BCUT2D eigenvalue weighted by atomic mass is 16.3. The summed E-state index contributed by atoms with van der Waals surface area (Å²) in [5, 5.41) is 23.1. The Morgan fingerprint density at radius 2 is 0.695 bits per heavy atom. The van der Waals surface area contributed by atoms with E-state index in [1.807, 2.05) is 0 Å². The maximum absolute atomic E-state index is 12.4. The molecule has 348 valence electrons. The minimum absolute atomic E-state index is 0.0290. The van der Waals surface area contributed by atoms with Gasteiger partial charge in [0.15, 0.2) is 0 Å². The first-order chi connectivity index (χ1) is 29.2. The molecule has 0 aliphatic rings. The maximum Gasteiger partial charge on any atom is 0.220 e. The molecule has 2 atom stereocenters. The van der Waals surface area contributed by atoms with Crippen molar-refractivity contribution in [2.45, 2.75) is 302 Å². The smallest absolute Gasteiger partial charge is 0.220 e. The SMILES string of the molecule is CCCCCCC/C=C\C/C=C\C/C=C\CCCCCCCCCCCCCCCCCCCCCCCCC(=O)NC(CO)C(O)CCCCCCCCCCCC. The highest BCUT2D eigenvalue weighted by Gasteiger charge is 2.20. The number of rotatable bonds is 49. The molecule has 2 unspecified atom stereocenters. The van der Waals surface area contributed by atoms with E-state index in [-0.39, 0.29) is 12.5 Å². The Kier molecular flexibility index (Phi) is 49.8. The second-order valence-corrected chi connectivity index (χ2v) is 18.3. The number of unbranched alkanes of at least 4 members (excludes halogenated alkanes) is 36. The molecule has 0 fully saturated rings. The predicted octanol–water partition coefficient (Wildman–Crippen LogP) is 17.3. The molecule has 0 heterocycles. The fraction of sp³-hybridized carbons (Fsp3) is 0.873. The Labute approximate surface area is 370 Å². The van der Waals surface area contributed by atoms with Crippen LogP contribution in [0.15, 0.2) is 36.5 Å². The average molecular weight is 828 g/mol. The van der Waals surface area contributed by atoms with E-state index < -0.39 is 12.1 Å². The van der Waals surface area contributed by atoms with E-state index in [1.54, 1.807) is 0 Å². The first kappa shape index (κ1) is 57.6. The lowest BCUT2D eigenvalue weighted by Gasteiger charge is -2.22. The van der Waals surface area contributed by atoms with Gasteiger partial charge in [-0.1, -0.05) is 269 Å². The van der Waals surface area contributed by atoms with Crippen LogP contribution in [-0.4, -0.2) is 34.9 Å². The number of aliphatic hydroxyl groups is 2. The number of hydrogen-bond donors (Lipinski definition) is 3. The number of amides is 1. The molecule has 3 N–H and O–H groups in total. The Hall–Kier alpha value is -1.39. The topological polar surface area (TPSA) is 69.6 Å². The zero-order valence-corrected chi connectivity index (χ0v) is 40.0. The second kappa shape index (κ2) is 51.0. The molecule has 0 aromatic rings. The summed E-state index contributed by atoms with van der Waals surface area (Å²) in [6.07, 6.45) is 68.5. The number of nitrogens with one attached hydrogen (secondary N) is 1. The quantitative estimate of drug-likeness (QED) is 0.0423. The summed E-state index contributed by atoms with van der Waals surface area (Å²) in [5.41, 5.74) is 0. The van der Waals surface area contributed by atoms with Crippen molar-refractivity contribution in [3.05, 3.63) is 36.5 Å². The average Bonchev–Trinajstić information content (AvgIpc) is 3.24. The van der Waals surface area contributed by atoms with Gasteiger partial charge in [0.2, 0.25) is 5.91 Å². The van der Waals surface area contributed by atoms with E-state index >= 15 is 0 Å². The number of hydrogen-bond acceptors (Lipinski definition) is 3. The highest BCUT2D eigenvalue weighted by Crippen LogP contribution is 2.17. The summed E-state index contributed by atoms with van der Waals surface area (Å²) >= 11 is 0. The Bertz CT molecular complexity index is 897. The van der Waals surface area contributed by atoms with E-state index in [2.05, 4.69) is 55.6 Å². The van der Waals surface area contributed by atoms with Crippen LogP contribution in [0.5, 0.6) is 0 Å². The molecule has 0 rings (SSSR count). The van der Waals surface area contributed by atoms with Crippen molar-refractivity contribution >= 4 is 5.91 Å². The first-order valence-corrected chi connectivity index (χ1v) is 26.7. The van der Waals surface area contributed by atoms with Crippen LogP contribution in [0, 0.1) is 0 Å². The number of aliphatic hydroxyl groups excluding tert-OH is 2. The lowest BCUT2D eigenvalue weighted by molar-refractivity contribution is -0.123. The van der Waals surface area contributed by atoms with Gasteiger partial charge in [-0.3, -0.25) is 4.79 Å². The monoisotopic (exact) mass is 828 g/mol. The summed E-state index contributed by atoms with van der Waals surface area (Å²) in [6, 6.07) is -0.532. The van der Waals surface area contributed by atoms with Gasteiger partial charge in [-0.25, -0.2) is 0 Å². The normalized spacial score (nSPS) is 13.1. The van der Waals surface area contributed by atoms with Crippen molar-refractivity contribution in [1.29, 1.82) is 0 Å². The van der Waals surface area contributed by atoms with Gasteiger partial charge in [0.1, 0.15) is 0 Å². The Balaban J connectivity index is 3.37. The highest BCUT2D eigenvalue weighted by molar-refractivity contribution is 5.76. The molecule has 59 heavy (non-hydrogen) atoms. The van der Waals surface area contributed by atoms with Gasteiger partial charge in [-0.05, 0) is 51.4 Å². The minimum atomic E-state index is -0.655. The Morgan fingerprint density at radius 3 is 1.03 bits per heavy atom. The van der Waals surface area contributed by atoms with Crippen molar-refractivity contribution in [1.82, 2.24) is 5.32 Å². The summed E-state index contributed by atoms with van der Waals surface area (Å²) in [4.78, 5) is 12.4. The molecule has 0 bridgehead atoms. The van der Waals surface area contributed by atoms with Crippen molar-refractivity contribution in [2.24, 2.45) is 0 Å². The molecule has 0 aliphatic carbocycles. The minimum Gasteiger partial charge on any atom is -0.394 e. The molecule has 4 nitrogen and oxygen atoms in total. The van der Waals surface area contributed by atoms with Crippen LogP contribution in [0.25, 0.3) is 0 Å². The molecule has 0 saturated carbocycles. The molecular formula is C55H105NO3. The fourth-order valence-corrected chi connectivity index (χ4v) is 8.31. The van der Waals surface area contributed by atoms with Crippen LogP contribution in [0.4, 0.5) is 0 Å². The van der Waals surface area contributed by atoms with Crippen molar-refractivity contribution in [2.75, 3.05) is 6.61 Å². The van der Waals surface area contributed by atoms with Gasteiger partial charge < -0.3 is 15.5 Å². The van der Waals surface area contributed by atoms with Crippen LogP contribution < -0.4 is 5.32 Å². The fourth-order valence-electron chi connectivity index (χ4n) is 8.31. The third-order valence-electron chi connectivity index (χ3n) is 12.4. The molecule has 0 aromatic carbocycles. The predicted molar refractivity (Wildman–Crippen MR) is 262 cm³/mol. The van der Waals surface area contributed by atoms with Crippen LogP contribution >= 0.6 is 0 Å². The van der Waals surface area contributed by atoms with E-state index in [1.165, 1.54) is 225 Å². The van der Waals surface area contributed by atoms with Crippen LogP contribution in [0.2, 0.25) is 0 Å². The molecule has 4 heteroatoms. The van der Waals surface area contributed by atoms with Gasteiger partial charge in [-0.2, -0.15) is 0 Å².